The van der Waals surface area contributed by atoms with Crippen molar-refractivity contribution in [2.75, 3.05) is 19.0 Å². The van der Waals surface area contributed by atoms with Gasteiger partial charge in [0, 0.05) is 19.3 Å². The molecule has 0 saturated heterocycles. The van der Waals surface area contributed by atoms with Crippen molar-refractivity contribution in [3.63, 3.8) is 0 Å². The van der Waals surface area contributed by atoms with E-state index in [1.165, 1.54) is 6.42 Å². The Morgan fingerprint density at radius 2 is 2.26 bits per heavy atom. The first kappa shape index (κ1) is 13.8. The monoisotopic (exact) mass is 264 g/mol. The smallest absolute Gasteiger partial charge is 0.335 e. The van der Waals surface area contributed by atoms with Crippen LogP contribution in [0.2, 0.25) is 0 Å². The lowest BCUT2D eigenvalue weighted by Crippen LogP contribution is -2.45. The fourth-order valence-electron chi connectivity index (χ4n) is 2.26. The first-order valence-corrected chi connectivity index (χ1v) is 6.62. The second-order valence-electron chi connectivity index (χ2n) is 4.99. The Hall–Kier alpha value is -1.62. The highest BCUT2D eigenvalue weighted by Crippen LogP contribution is 2.35. The van der Waals surface area contributed by atoms with Gasteiger partial charge in [-0.1, -0.05) is 6.92 Å². The summed E-state index contributed by atoms with van der Waals surface area (Å²) >= 11 is 0. The number of aromatic carboxylic acids is 1. The molecule has 1 aliphatic carbocycles. The number of aryl methyl sites for hydroxylation is 1. The second kappa shape index (κ2) is 5.57. The van der Waals surface area contributed by atoms with Crippen LogP contribution in [0.5, 0.6) is 0 Å². The molecule has 0 aliphatic heterocycles. The molecule has 0 atom stereocenters. The van der Waals surface area contributed by atoms with Crippen LogP contribution in [0.3, 0.4) is 0 Å². The summed E-state index contributed by atoms with van der Waals surface area (Å²) in [6.45, 7) is 2.63. The summed E-state index contributed by atoms with van der Waals surface area (Å²) < 4.78 is 5.52. The highest BCUT2D eigenvalue weighted by Gasteiger charge is 2.36. The molecule has 2 N–H and O–H groups in total. The Bertz CT molecular complexity index is 464. The fourth-order valence-corrected chi connectivity index (χ4v) is 2.26. The highest BCUT2D eigenvalue weighted by atomic mass is 16.5. The van der Waals surface area contributed by atoms with E-state index in [9.17, 15) is 4.79 Å². The number of carboxylic acid groups (broad SMARTS) is 1. The van der Waals surface area contributed by atoms with E-state index in [-0.39, 0.29) is 11.2 Å². The third-order valence-electron chi connectivity index (χ3n) is 3.78. The van der Waals surface area contributed by atoms with Gasteiger partial charge in [0.25, 0.3) is 0 Å². The van der Waals surface area contributed by atoms with Crippen molar-refractivity contribution in [3.8, 4) is 0 Å². The first-order chi connectivity index (χ1) is 9.08. The Morgan fingerprint density at radius 3 is 2.74 bits per heavy atom. The SMILES string of the molecule is CCc1cc(C(=O)O)cc(NCC2(OC)CCC2)n1. The van der Waals surface area contributed by atoms with E-state index in [0.29, 0.717) is 18.8 Å². The number of carbonyl (C=O) groups is 1. The average Bonchev–Trinajstić information content (AvgIpc) is 2.37. The Labute approximate surface area is 113 Å². The molecule has 5 heteroatoms. The van der Waals surface area contributed by atoms with E-state index in [0.717, 1.165) is 18.5 Å². The zero-order chi connectivity index (χ0) is 13.9. The van der Waals surface area contributed by atoms with Crippen LogP contribution in [0.25, 0.3) is 0 Å². The van der Waals surface area contributed by atoms with Crippen molar-refractivity contribution in [1.29, 1.82) is 0 Å². The van der Waals surface area contributed by atoms with Crippen LogP contribution >= 0.6 is 0 Å². The van der Waals surface area contributed by atoms with Crippen LogP contribution in [-0.4, -0.2) is 35.3 Å². The number of ether oxygens (including phenoxy) is 1. The summed E-state index contributed by atoms with van der Waals surface area (Å²) in [5.74, 6) is -0.315. The summed E-state index contributed by atoms with van der Waals surface area (Å²) in [6, 6.07) is 3.19. The van der Waals surface area contributed by atoms with Gasteiger partial charge >= 0.3 is 5.97 Å². The fraction of sp³-hybridized carbons (Fsp3) is 0.571. The first-order valence-electron chi connectivity index (χ1n) is 6.62. The van der Waals surface area contributed by atoms with E-state index in [1.54, 1.807) is 19.2 Å². The topological polar surface area (TPSA) is 71.5 Å². The van der Waals surface area contributed by atoms with E-state index in [4.69, 9.17) is 9.84 Å². The summed E-state index contributed by atoms with van der Waals surface area (Å²) in [6.07, 6.45) is 3.97. The lowest BCUT2D eigenvalue weighted by molar-refractivity contribution is -0.0601. The molecule has 1 fully saturated rings. The maximum Gasteiger partial charge on any atom is 0.335 e. The van der Waals surface area contributed by atoms with Crippen LogP contribution < -0.4 is 5.32 Å². The molecule has 1 aliphatic rings. The molecule has 1 heterocycles. The van der Waals surface area contributed by atoms with Crippen molar-refractivity contribution in [2.24, 2.45) is 0 Å². The van der Waals surface area contributed by atoms with Crippen molar-refractivity contribution in [3.05, 3.63) is 23.4 Å². The number of pyridine rings is 1. The number of methoxy groups -OCH3 is 1. The molecule has 0 bridgehead atoms. The summed E-state index contributed by atoms with van der Waals surface area (Å²) in [7, 11) is 1.72. The molecule has 2 rings (SSSR count). The van der Waals surface area contributed by atoms with E-state index in [1.807, 2.05) is 6.92 Å². The zero-order valence-electron chi connectivity index (χ0n) is 11.4. The molecular weight excluding hydrogens is 244 g/mol. The molecule has 1 saturated carbocycles. The normalized spacial score (nSPS) is 16.7. The Balaban J connectivity index is 2.11. The predicted molar refractivity (Wildman–Crippen MR) is 72.7 cm³/mol. The Kier molecular flexibility index (Phi) is 4.04. The molecule has 0 radical (unpaired) electrons. The predicted octanol–water partition coefficient (Wildman–Crippen LogP) is 2.32. The van der Waals surface area contributed by atoms with Crippen molar-refractivity contribution < 1.29 is 14.6 Å². The van der Waals surface area contributed by atoms with Gasteiger partial charge in [0.05, 0.1) is 11.2 Å². The maximum atomic E-state index is 11.1. The number of carboxylic acids is 1. The number of nitrogens with zero attached hydrogens (tertiary/aromatic N) is 1. The minimum atomic E-state index is -0.926. The molecule has 19 heavy (non-hydrogen) atoms. The number of hydrogen-bond donors (Lipinski definition) is 2. The summed E-state index contributed by atoms with van der Waals surface area (Å²) in [5.41, 5.74) is 0.949. The average molecular weight is 264 g/mol. The van der Waals surface area contributed by atoms with Gasteiger partial charge in [0.2, 0.25) is 0 Å². The quantitative estimate of drug-likeness (QED) is 0.825. The Morgan fingerprint density at radius 1 is 1.53 bits per heavy atom. The lowest BCUT2D eigenvalue weighted by atomic mass is 9.80. The van der Waals surface area contributed by atoms with Gasteiger partial charge in [-0.3, -0.25) is 0 Å². The maximum absolute atomic E-state index is 11.1. The van der Waals surface area contributed by atoms with Gasteiger partial charge in [-0.15, -0.1) is 0 Å². The van der Waals surface area contributed by atoms with Gasteiger partial charge < -0.3 is 15.2 Å². The van der Waals surface area contributed by atoms with Crippen LogP contribution in [0, 0.1) is 0 Å². The number of rotatable bonds is 6. The number of anilines is 1. The summed E-state index contributed by atoms with van der Waals surface area (Å²) in [4.78, 5) is 15.5. The molecule has 0 spiro atoms. The highest BCUT2D eigenvalue weighted by molar-refractivity contribution is 5.88. The number of hydrogen-bond acceptors (Lipinski definition) is 4. The number of nitrogens with one attached hydrogen (secondary N) is 1. The standard InChI is InChI=1S/C14H20N2O3/c1-3-11-7-10(13(17)18)8-12(16-11)15-9-14(19-2)5-4-6-14/h7-8H,3-6,9H2,1-2H3,(H,15,16)(H,17,18). The van der Waals surface area contributed by atoms with E-state index < -0.39 is 5.97 Å². The van der Waals surface area contributed by atoms with Crippen molar-refractivity contribution in [1.82, 2.24) is 4.98 Å². The van der Waals surface area contributed by atoms with Gasteiger partial charge in [0.15, 0.2) is 0 Å². The molecule has 0 unspecified atom stereocenters. The third kappa shape index (κ3) is 3.04. The number of aromatic nitrogens is 1. The molecule has 0 amide bonds. The molecule has 104 valence electrons. The zero-order valence-corrected chi connectivity index (χ0v) is 11.4. The van der Waals surface area contributed by atoms with Gasteiger partial charge in [0.1, 0.15) is 5.82 Å². The van der Waals surface area contributed by atoms with Gasteiger partial charge in [-0.2, -0.15) is 0 Å². The van der Waals surface area contributed by atoms with Gasteiger partial charge in [-0.25, -0.2) is 9.78 Å². The minimum absolute atomic E-state index is 0.104. The van der Waals surface area contributed by atoms with Crippen molar-refractivity contribution >= 4 is 11.8 Å². The molecule has 1 aromatic rings. The molecule has 1 aromatic heterocycles. The molecule has 0 aromatic carbocycles. The third-order valence-corrected chi connectivity index (χ3v) is 3.78. The van der Waals surface area contributed by atoms with Crippen LogP contribution in [-0.2, 0) is 11.2 Å². The second-order valence-corrected chi connectivity index (χ2v) is 4.99. The van der Waals surface area contributed by atoms with Gasteiger partial charge in [-0.05, 0) is 37.8 Å². The molecule has 5 nitrogen and oxygen atoms in total. The van der Waals surface area contributed by atoms with E-state index in [2.05, 4.69) is 10.3 Å². The van der Waals surface area contributed by atoms with Crippen molar-refractivity contribution in [2.45, 2.75) is 38.2 Å². The minimum Gasteiger partial charge on any atom is -0.478 e. The van der Waals surface area contributed by atoms with Crippen LogP contribution in [0.15, 0.2) is 12.1 Å². The largest absolute Gasteiger partial charge is 0.478 e. The van der Waals surface area contributed by atoms with E-state index >= 15 is 0 Å². The summed E-state index contributed by atoms with van der Waals surface area (Å²) in [5, 5.41) is 12.3. The van der Waals surface area contributed by atoms with Crippen LogP contribution in [0.4, 0.5) is 5.82 Å². The van der Waals surface area contributed by atoms with Crippen LogP contribution in [0.1, 0.15) is 42.2 Å². The lowest BCUT2D eigenvalue weighted by Gasteiger charge is -2.40. The molecular formula is C14H20N2O3.